The topological polar surface area (TPSA) is 35.2 Å². The Kier molecular flexibility index (Phi) is 1.63. The third-order valence-electron chi connectivity index (χ3n) is 2.70. The molecule has 0 radical (unpaired) electrons. The van der Waals surface area contributed by atoms with Crippen molar-refractivity contribution in [3.8, 4) is 0 Å². The van der Waals surface area contributed by atoms with E-state index in [0.29, 0.717) is 0 Å². The summed E-state index contributed by atoms with van der Waals surface area (Å²) in [4.78, 5) is 0. The molecule has 1 aliphatic rings. The van der Waals surface area contributed by atoms with Crippen molar-refractivity contribution in [2.24, 2.45) is 5.73 Å². The zero-order valence-electron chi connectivity index (χ0n) is 8.19. The van der Waals surface area contributed by atoms with Gasteiger partial charge in [-0.1, -0.05) is 0 Å². The molecule has 0 aliphatic carbocycles. The second kappa shape index (κ2) is 1.99. The van der Waals surface area contributed by atoms with Crippen LogP contribution in [0.4, 0.5) is 0 Å². The van der Waals surface area contributed by atoms with E-state index in [1.807, 2.05) is 0 Å². The summed E-state index contributed by atoms with van der Waals surface area (Å²) >= 11 is 0. The maximum Gasteiger partial charge on any atom is 0.0810 e. The average Bonchev–Trinajstić information content (AvgIpc) is 1.66. The van der Waals surface area contributed by atoms with Crippen LogP contribution in [0.1, 0.15) is 41.0 Å². The largest absolute Gasteiger partial charge is 0.368 e. The molecule has 0 amide bonds. The van der Waals surface area contributed by atoms with Gasteiger partial charge in [-0.2, -0.15) is 0 Å². The Morgan fingerprint density at radius 1 is 1.09 bits per heavy atom. The summed E-state index contributed by atoms with van der Waals surface area (Å²) in [5.41, 5.74) is 5.65. The highest BCUT2D eigenvalue weighted by atomic mass is 16.5. The van der Waals surface area contributed by atoms with E-state index in [-0.39, 0.29) is 16.7 Å². The van der Waals surface area contributed by atoms with Gasteiger partial charge in [0.25, 0.3) is 0 Å². The minimum Gasteiger partial charge on any atom is -0.368 e. The molecule has 0 bridgehead atoms. The molecule has 1 atom stereocenters. The van der Waals surface area contributed by atoms with Crippen molar-refractivity contribution in [1.29, 1.82) is 0 Å². The van der Waals surface area contributed by atoms with E-state index in [0.717, 1.165) is 6.42 Å². The van der Waals surface area contributed by atoms with Crippen LogP contribution in [0.3, 0.4) is 0 Å². The first kappa shape index (κ1) is 9.01. The lowest BCUT2D eigenvalue weighted by Crippen LogP contribution is -2.51. The van der Waals surface area contributed by atoms with E-state index >= 15 is 0 Å². The summed E-state index contributed by atoms with van der Waals surface area (Å²) in [5.74, 6) is 0. The van der Waals surface area contributed by atoms with Gasteiger partial charge in [0, 0.05) is 5.54 Å². The van der Waals surface area contributed by atoms with Gasteiger partial charge >= 0.3 is 0 Å². The molecule has 11 heavy (non-hydrogen) atoms. The van der Waals surface area contributed by atoms with Gasteiger partial charge in [0.2, 0.25) is 0 Å². The van der Waals surface area contributed by atoms with Gasteiger partial charge in [-0.05, 0) is 41.0 Å². The van der Waals surface area contributed by atoms with Crippen molar-refractivity contribution in [3.63, 3.8) is 0 Å². The molecular formula is C9H19NO. The van der Waals surface area contributed by atoms with Crippen LogP contribution in [-0.2, 0) is 4.74 Å². The lowest BCUT2D eigenvalue weighted by atomic mass is 9.82. The number of nitrogens with two attached hydrogens (primary N) is 1. The van der Waals surface area contributed by atoms with Gasteiger partial charge in [0.1, 0.15) is 0 Å². The first-order valence-corrected chi connectivity index (χ1v) is 4.15. The van der Waals surface area contributed by atoms with Crippen LogP contribution in [0.15, 0.2) is 0 Å². The molecule has 0 saturated carbocycles. The van der Waals surface area contributed by atoms with Crippen LogP contribution < -0.4 is 5.73 Å². The molecule has 1 heterocycles. The van der Waals surface area contributed by atoms with Crippen LogP contribution in [0.5, 0.6) is 0 Å². The predicted octanol–water partition coefficient (Wildman–Crippen LogP) is 1.68. The lowest BCUT2D eigenvalue weighted by molar-refractivity contribution is -0.0767. The number of hydrogen-bond donors (Lipinski definition) is 1. The molecule has 1 rings (SSSR count). The van der Waals surface area contributed by atoms with Crippen LogP contribution in [-0.4, -0.2) is 16.7 Å². The van der Waals surface area contributed by atoms with Gasteiger partial charge < -0.3 is 10.5 Å². The van der Waals surface area contributed by atoms with Crippen molar-refractivity contribution >= 4 is 0 Å². The number of rotatable bonds is 0. The van der Waals surface area contributed by atoms with Gasteiger partial charge in [-0.15, -0.1) is 0 Å². The summed E-state index contributed by atoms with van der Waals surface area (Å²) in [7, 11) is 0. The van der Waals surface area contributed by atoms with E-state index in [9.17, 15) is 0 Å². The normalized spacial score (nSPS) is 40.9. The molecule has 1 fully saturated rings. The molecule has 0 spiro atoms. The molecule has 0 aromatic carbocycles. The van der Waals surface area contributed by atoms with Crippen molar-refractivity contribution in [1.82, 2.24) is 0 Å². The molecule has 0 aromatic heterocycles. The SMILES string of the molecule is CC1(C)C[C@@](C)(N)C(C)(C)O1. The van der Waals surface area contributed by atoms with Gasteiger partial charge in [0.15, 0.2) is 0 Å². The fourth-order valence-corrected chi connectivity index (χ4v) is 1.94. The van der Waals surface area contributed by atoms with E-state index in [2.05, 4.69) is 34.6 Å². The first-order chi connectivity index (χ1) is 4.66. The zero-order valence-corrected chi connectivity index (χ0v) is 8.19. The zero-order chi connectivity index (χ0) is 8.91. The maximum absolute atomic E-state index is 6.11. The van der Waals surface area contributed by atoms with Crippen molar-refractivity contribution in [3.05, 3.63) is 0 Å². The molecule has 0 unspecified atom stereocenters. The average molecular weight is 157 g/mol. The quantitative estimate of drug-likeness (QED) is 0.580. The Morgan fingerprint density at radius 3 is 1.64 bits per heavy atom. The lowest BCUT2D eigenvalue weighted by Gasteiger charge is -2.32. The second-order valence-corrected chi connectivity index (χ2v) is 4.97. The molecule has 66 valence electrons. The van der Waals surface area contributed by atoms with Gasteiger partial charge in [-0.3, -0.25) is 0 Å². The summed E-state index contributed by atoms with van der Waals surface area (Å²) in [5, 5.41) is 0. The van der Waals surface area contributed by atoms with E-state index in [4.69, 9.17) is 10.5 Å². The third kappa shape index (κ3) is 1.42. The molecular weight excluding hydrogens is 138 g/mol. The fraction of sp³-hybridized carbons (Fsp3) is 1.00. The summed E-state index contributed by atoms with van der Waals surface area (Å²) in [6, 6.07) is 0. The highest BCUT2D eigenvalue weighted by molar-refractivity contribution is 5.06. The van der Waals surface area contributed by atoms with E-state index < -0.39 is 0 Å². The standard InChI is InChI=1S/C9H19NO/c1-7(2)6-9(5,10)8(3,4)11-7/h6,10H2,1-5H3/t9-/m1/s1. The van der Waals surface area contributed by atoms with Gasteiger partial charge in [0.05, 0.1) is 11.2 Å². The Bertz CT molecular complexity index is 152. The van der Waals surface area contributed by atoms with Crippen LogP contribution >= 0.6 is 0 Å². The number of ether oxygens (including phenoxy) is 1. The minimum atomic E-state index is -0.198. The monoisotopic (exact) mass is 157 g/mol. The van der Waals surface area contributed by atoms with Crippen LogP contribution in [0.25, 0.3) is 0 Å². The Labute approximate surface area is 69.1 Å². The molecule has 2 N–H and O–H groups in total. The minimum absolute atomic E-state index is 0.0625. The van der Waals surface area contributed by atoms with Crippen molar-refractivity contribution in [2.45, 2.75) is 57.8 Å². The third-order valence-corrected chi connectivity index (χ3v) is 2.70. The molecule has 2 nitrogen and oxygen atoms in total. The smallest absolute Gasteiger partial charge is 0.0810 e. The van der Waals surface area contributed by atoms with Crippen molar-refractivity contribution < 1.29 is 4.74 Å². The van der Waals surface area contributed by atoms with E-state index in [1.165, 1.54) is 0 Å². The summed E-state index contributed by atoms with van der Waals surface area (Å²) < 4.78 is 5.83. The molecule has 1 saturated heterocycles. The highest BCUT2D eigenvalue weighted by Crippen LogP contribution is 2.42. The van der Waals surface area contributed by atoms with Crippen molar-refractivity contribution in [2.75, 3.05) is 0 Å². The second-order valence-electron chi connectivity index (χ2n) is 4.97. The maximum atomic E-state index is 6.11. The molecule has 0 aromatic rings. The van der Waals surface area contributed by atoms with Gasteiger partial charge in [-0.25, -0.2) is 0 Å². The predicted molar refractivity (Wildman–Crippen MR) is 46.5 cm³/mol. The molecule has 2 heteroatoms. The molecule has 1 aliphatic heterocycles. The Morgan fingerprint density at radius 2 is 1.55 bits per heavy atom. The highest BCUT2D eigenvalue weighted by Gasteiger charge is 2.51. The Balaban J connectivity index is 2.89. The Hall–Kier alpha value is -0.0800. The summed E-state index contributed by atoms with van der Waals surface area (Å²) in [6.45, 7) is 10.4. The fourth-order valence-electron chi connectivity index (χ4n) is 1.94. The van der Waals surface area contributed by atoms with E-state index in [1.54, 1.807) is 0 Å². The van der Waals surface area contributed by atoms with Crippen LogP contribution in [0.2, 0.25) is 0 Å². The van der Waals surface area contributed by atoms with Crippen LogP contribution in [0, 0.1) is 0 Å². The first-order valence-electron chi connectivity index (χ1n) is 4.15. The summed E-state index contributed by atoms with van der Waals surface area (Å²) in [6.07, 6.45) is 0.924. The number of hydrogen-bond acceptors (Lipinski definition) is 2.